The van der Waals surface area contributed by atoms with E-state index < -0.39 is 0 Å². The van der Waals surface area contributed by atoms with Crippen molar-refractivity contribution in [2.24, 2.45) is 5.92 Å². The highest BCUT2D eigenvalue weighted by Gasteiger charge is 2.26. The summed E-state index contributed by atoms with van der Waals surface area (Å²) in [5, 5.41) is 15.3. The molecule has 2 N–H and O–H groups in total. The van der Waals surface area contributed by atoms with Crippen LogP contribution in [0.2, 0.25) is 0 Å². The number of anilines is 1. The van der Waals surface area contributed by atoms with E-state index >= 15 is 0 Å². The number of benzene rings is 2. The van der Waals surface area contributed by atoms with Gasteiger partial charge < -0.3 is 19.9 Å². The molecule has 180 valence electrons. The summed E-state index contributed by atoms with van der Waals surface area (Å²) < 4.78 is 8.05. The van der Waals surface area contributed by atoms with E-state index in [0.717, 1.165) is 10.2 Å². The van der Waals surface area contributed by atoms with Crippen LogP contribution in [0.25, 0.3) is 0 Å². The zero-order valence-corrected chi connectivity index (χ0v) is 21.9. The Hall–Kier alpha value is -2.85. The number of nitrogens with one attached hydrogen (secondary N) is 2. The highest BCUT2D eigenvalue weighted by Crippen LogP contribution is 2.26. The summed E-state index contributed by atoms with van der Waals surface area (Å²) in [5.41, 5.74) is 1.26. The summed E-state index contributed by atoms with van der Waals surface area (Å²) in [7, 11) is 1.58. The lowest BCUT2D eigenvalue weighted by Gasteiger charge is -2.22. The standard InChI is InChI=1S/C24H28BrN5O3S/c1-5-30-22(21(15(2)3)27-23(32)16-6-12-19(33-4)13-7-16)28-29-24(30)34-14-20(31)26-18-10-8-17(25)9-11-18/h6-13,15,21H,5,14H2,1-4H3,(H,26,31)(H,27,32)/t21-/m0/s1. The van der Waals surface area contributed by atoms with Crippen LogP contribution < -0.4 is 15.4 Å². The lowest BCUT2D eigenvalue weighted by molar-refractivity contribution is -0.113. The van der Waals surface area contributed by atoms with E-state index in [-0.39, 0.29) is 29.5 Å². The zero-order chi connectivity index (χ0) is 24.7. The number of ether oxygens (including phenoxy) is 1. The maximum atomic E-state index is 12.9. The first-order valence-electron chi connectivity index (χ1n) is 10.9. The van der Waals surface area contributed by atoms with Crippen LogP contribution >= 0.6 is 27.7 Å². The highest BCUT2D eigenvalue weighted by molar-refractivity contribution is 9.10. The molecule has 3 aromatic rings. The largest absolute Gasteiger partial charge is 0.497 e. The maximum absolute atomic E-state index is 12.9. The minimum atomic E-state index is -0.340. The molecule has 0 radical (unpaired) electrons. The number of carbonyl (C=O) groups is 2. The fraction of sp³-hybridized carbons (Fsp3) is 0.333. The van der Waals surface area contributed by atoms with E-state index in [0.29, 0.717) is 28.8 Å². The third-order valence-corrected chi connectivity index (χ3v) is 6.60. The van der Waals surface area contributed by atoms with Gasteiger partial charge in [-0.3, -0.25) is 9.59 Å². The molecule has 2 amide bonds. The fourth-order valence-corrected chi connectivity index (χ4v) is 4.36. The number of methoxy groups -OCH3 is 1. The summed E-state index contributed by atoms with van der Waals surface area (Å²) in [6, 6.07) is 14.0. The van der Waals surface area contributed by atoms with Crippen LogP contribution in [-0.2, 0) is 11.3 Å². The Morgan fingerprint density at radius 2 is 1.76 bits per heavy atom. The number of hydrogen-bond acceptors (Lipinski definition) is 6. The van der Waals surface area contributed by atoms with Crippen molar-refractivity contribution >= 4 is 45.2 Å². The molecule has 0 spiro atoms. The van der Waals surface area contributed by atoms with Gasteiger partial charge in [0, 0.05) is 22.3 Å². The van der Waals surface area contributed by atoms with E-state index in [2.05, 4.69) is 36.8 Å². The summed E-state index contributed by atoms with van der Waals surface area (Å²) >= 11 is 4.69. The molecule has 34 heavy (non-hydrogen) atoms. The fourth-order valence-electron chi connectivity index (χ4n) is 3.29. The predicted molar refractivity (Wildman–Crippen MR) is 137 cm³/mol. The Morgan fingerprint density at radius 3 is 2.35 bits per heavy atom. The quantitative estimate of drug-likeness (QED) is 0.350. The first kappa shape index (κ1) is 25.8. The molecular formula is C24H28BrN5O3S. The van der Waals surface area contributed by atoms with Gasteiger partial charge in [-0.05, 0) is 61.4 Å². The third-order valence-electron chi connectivity index (χ3n) is 5.11. The van der Waals surface area contributed by atoms with Gasteiger partial charge >= 0.3 is 0 Å². The van der Waals surface area contributed by atoms with Crippen molar-refractivity contribution in [3.05, 3.63) is 64.4 Å². The number of thioether (sulfide) groups is 1. The van der Waals surface area contributed by atoms with Gasteiger partial charge in [0.25, 0.3) is 5.91 Å². The molecule has 3 rings (SSSR count). The van der Waals surface area contributed by atoms with Crippen molar-refractivity contribution < 1.29 is 14.3 Å². The van der Waals surface area contributed by atoms with Crippen LogP contribution in [0, 0.1) is 5.92 Å². The molecule has 0 saturated carbocycles. The third kappa shape index (κ3) is 6.60. The predicted octanol–water partition coefficient (Wildman–Crippen LogP) is 4.93. The molecule has 0 aliphatic rings. The minimum Gasteiger partial charge on any atom is -0.497 e. The van der Waals surface area contributed by atoms with Crippen LogP contribution in [-0.4, -0.2) is 39.4 Å². The molecule has 0 aliphatic heterocycles. The molecular weight excluding hydrogens is 518 g/mol. The highest BCUT2D eigenvalue weighted by atomic mass is 79.9. The second kappa shape index (κ2) is 12.0. The smallest absolute Gasteiger partial charge is 0.251 e. The van der Waals surface area contributed by atoms with Crippen LogP contribution in [0.5, 0.6) is 5.75 Å². The van der Waals surface area contributed by atoms with Gasteiger partial charge in [-0.25, -0.2) is 0 Å². The number of nitrogens with zero attached hydrogens (tertiary/aromatic N) is 3. The number of aromatic nitrogens is 3. The summed E-state index contributed by atoms with van der Waals surface area (Å²) in [5.74, 6) is 1.29. The first-order chi connectivity index (χ1) is 16.3. The van der Waals surface area contributed by atoms with Crippen molar-refractivity contribution in [3.63, 3.8) is 0 Å². The van der Waals surface area contributed by atoms with Crippen LogP contribution in [0.4, 0.5) is 5.69 Å². The topological polar surface area (TPSA) is 98.1 Å². The zero-order valence-electron chi connectivity index (χ0n) is 19.5. The van der Waals surface area contributed by atoms with Crippen LogP contribution in [0.15, 0.2) is 58.2 Å². The SMILES string of the molecule is CCn1c(SCC(=O)Nc2ccc(Br)cc2)nnc1[C@@H](NC(=O)c1ccc(OC)cc1)C(C)C. The number of rotatable bonds is 10. The van der Waals surface area contributed by atoms with Crippen molar-refractivity contribution in [1.82, 2.24) is 20.1 Å². The van der Waals surface area contributed by atoms with E-state index in [4.69, 9.17) is 4.74 Å². The molecule has 8 nitrogen and oxygen atoms in total. The van der Waals surface area contributed by atoms with Gasteiger partial charge in [0.15, 0.2) is 11.0 Å². The molecule has 1 aromatic heterocycles. The van der Waals surface area contributed by atoms with Crippen LogP contribution in [0.1, 0.15) is 43.0 Å². The molecule has 0 unspecified atom stereocenters. The number of carbonyl (C=O) groups excluding carboxylic acids is 2. The summed E-state index contributed by atoms with van der Waals surface area (Å²) in [6.45, 7) is 6.64. The van der Waals surface area contributed by atoms with Crippen molar-refractivity contribution in [2.45, 2.75) is 38.5 Å². The van der Waals surface area contributed by atoms with Gasteiger partial charge in [-0.1, -0.05) is 41.5 Å². The summed E-state index contributed by atoms with van der Waals surface area (Å²) in [6.07, 6.45) is 0. The van der Waals surface area contributed by atoms with E-state index in [9.17, 15) is 9.59 Å². The molecule has 10 heteroatoms. The number of halogens is 1. The molecule has 0 aliphatic carbocycles. The monoisotopic (exact) mass is 545 g/mol. The lowest BCUT2D eigenvalue weighted by atomic mass is 10.0. The second-order valence-corrected chi connectivity index (χ2v) is 9.71. The summed E-state index contributed by atoms with van der Waals surface area (Å²) in [4.78, 5) is 25.3. The van der Waals surface area contributed by atoms with Gasteiger partial charge in [0.2, 0.25) is 5.91 Å². The Balaban J connectivity index is 1.69. The lowest BCUT2D eigenvalue weighted by Crippen LogP contribution is -2.33. The normalized spacial score (nSPS) is 11.8. The molecule has 0 fully saturated rings. The average molecular weight is 546 g/mol. The Morgan fingerprint density at radius 1 is 1.09 bits per heavy atom. The van der Waals surface area contributed by atoms with Gasteiger partial charge in [0.1, 0.15) is 5.75 Å². The van der Waals surface area contributed by atoms with Crippen LogP contribution in [0.3, 0.4) is 0 Å². The minimum absolute atomic E-state index is 0.0789. The van der Waals surface area contributed by atoms with Crippen molar-refractivity contribution in [2.75, 3.05) is 18.2 Å². The van der Waals surface area contributed by atoms with Crippen molar-refractivity contribution in [1.29, 1.82) is 0 Å². The number of amides is 2. The molecule has 2 aromatic carbocycles. The van der Waals surface area contributed by atoms with Gasteiger partial charge in [-0.15, -0.1) is 10.2 Å². The van der Waals surface area contributed by atoms with E-state index in [1.54, 1.807) is 31.4 Å². The average Bonchev–Trinajstić information content (AvgIpc) is 3.24. The molecule has 0 saturated heterocycles. The Kier molecular flexibility index (Phi) is 9.12. The molecule has 1 atom stereocenters. The van der Waals surface area contributed by atoms with Gasteiger partial charge in [0.05, 0.1) is 18.9 Å². The maximum Gasteiger partial charge on any atom is 0.251 e. The van der Waals surface area contributed by atoms with Crippen molar-refractivity contribution in [3.8, 4) is 5.75 Å². The molecule has 1 heterocycles. The Labute approximate surface area is 212 Å². The number of hydrogen-bond donors (Lipinski definition) is 2. The second-order valence-electron chi connectivity index (χ2n) is 7.85. The Bertz CT molecular complexity index is 1120. The van der Waals surface area contributed by atoms with E-state index in [1.807, 2.05) is 49.6 Å². The van der Waals surface area contributed by atoms with E-state index in [1.165, 1.54) is 11.8 Å². The van der Waals surface area contributed by atoms with Gasteiger partial charge in [-0.2, -0.15) is 0 Å². The first-order valence-corrected chi connectivity index (χ1v) is 12.7. The molecule has 0 bridgehead atoms.